The molecule has 0 aromatic heterocycles. The van der Waals surface area contributed by atoms with Crippen LogP contribution in [0.15, 0.2) is 24.3 Å². The van der Waals surface area contributed by atoms with Crippen molar-refractivity contribution in [2.45, 2.75) is 18.9 Å². The molecule has 1 heterocycles. The van der Waals surface area contributed by atoms with Gasteiger partial charge in [-0.15, -0.1) is 0 Å². The Bertz CT molecular complexity index is 519. The highest BCUT2D eigenvalue weighted by molar-refractivity contribution is 5.94. The van der Waals surface area contributed by atoms with Crippen molar-refractivity contribution in [3.05, 3.63) is 29.8 Å². The lowest BCUT2D eigenvalue weighted by molar-refractivity contribution is -0.119. The molecule has 1 saturated heterocycles. The first-order valence-electron chi connectivity index (χ1n) is 7.08. The number of likely N-dealkylation sites (N-methyl/N-ethyl adjacent to an activating group) is 1. The number of carbonyl (C=O) groups excluding carboxylic acids is 2. The van der Waals surface area contributed by atoms with Crippen molar-refractivity contribution in [1.29, 1.82) is 0 Å². The predicted octanol–water partition coefficient (Wildman–Crippen LogP) is 0.375. The number of nitrogens with zero attached hydrogens (tertiary/aromatic N) is 1. The lowest BCUT2D eigenvalue weighted by Gasteiger charge is -2.32. The summed E-state index contributed by atoms with van der Waals surface area (Å²) in [5.74, 6) is -0.0825. The Hall–Kier alpha value is -2.08. The zero-order valence-electron chi connectivity index (χ0n) is 12.2. The maximum absolute atomic E-state index is 12.5. The van der Waals surface area contributed by atoms with E-state index in [1.807, 2.05) is 11.9 Å². The van der Waals surface area contributed by atoms with Gasteiger partial charge in [0.1, 0.15) is 5.75 Å². The van der Waals surface area contributed by atoms with Crippen LogP contribution in [0.3, 0.4) is 0 Å². The van der Waals surface area contributed by atoms with E-state index in [2.05, 4.69) is 5.32 Å². The normalized spacial score (nSPS) is 18.3. The third-order valence-corrected chi connectivity index (χ3v) is 3.58. The number of piperidine rings is 1. The average molecular weight is 291 g/mol. The van der Waals surface area contributed by atoms with Crippen molar-refractivity contribution in [3.63, 3.8) is 0 Å². The van der Waals surface area contributed by atoms with E-state index in [0.29, 0.717) is 23.9 Å². The van der Waals surface area contributed by atoms with Crippen LogP contribution < -0.4 is 15.8 Å². The summed E-state index contributed by atoms with van der Waals surface area (Å²) in [6.07, 6.45) is 2.08. The second kappa shape index (κ2) is 7.08. The summed E-state index contributed by atoms with van der Waals surface area (Å²) in [4.78, 5) is 25.1. The van der Waals surface area contributed by atoms with Gasteiger partial charge in [0.15, 0.2) is 6.61 Å². The van der Waals surface area contributed by atoms with Gasteiger partial charge in [0.05, 0.1) is 0 Å². The molecule has 0 radical (unpaired) electrons. The van der Waals surface area contributed by atoms with Gasteiger partial charge in [-0.05, 0) is 38.1 Å². The highest BCUT2D eigenvalue weighted by atomic mass is 16.5. The first-order valence-corrected chi connectivity index (χ1v) is 7.08. The van der Waals surface area contributed by atoms with Crippen LogP contribution in [0.25, 0.3) is 0 Å². The number of ether oxygens (including phenoxy) is 1. The van der Waals surface area contributed by atoms with Gasteiger partial charge >= 0.3 is 0 Å². The maximum Gasteiger partial charge on any atom is 0.255 e. The monoisotopic (exact) mass is 291 g/mol. The van der Waals surface area contributed by atoms with Gasteiger partial charge in [0.2, 0.25) is 0 Å². The van der Waals surface area contributed by atoms with Crippen LogP contribution in [-0.4, -0.2) is 49.5 Å². The van der Waals surface area contributed by atoms with E-state index in [1.54, 1.807) is 24.3 Å². The largest absolute Gasteiger partial charge is 0.484 e. The van der Waals surface area contributed by atoms with Gasteiger partial charge in [0, 0.05) is 24.7 Å². The van der Waals surface area contributed by atoms with Crippen molar-refractivity contribution >= 4 is 11.8 Å². The Labute approximate surface area is 124 Å². The van der Waals surface area contributed by atoms with Gasteiger partial charge in [-0.1, -0.05) is 6.07 Å². The number of amides is 2. The smallest absolute Gasteiger partial charge is 0.255 e. The fourth-order valence-corrected chi connectivity index (χ4v) is 2.45. The second-order valence-electron chi connectivity index (χ2n) is 5.16. The van der Waals surface area contributed by atoms with E-state index in [1.165, 1.54) is 0 Å². The molecule has 1 aromatic carbocycles. The number of carbonyl (C=O) groups is 2. The summed E-state index contributed by atoms with van der Waals surface area (Å²) in [5.41, 5.74) is 5.60. The fourth-order valence-electron chi connectivity index (χ4n) is 2.45. The van der Waals surface area contributed by atoms with E-state index >= 15 is 0 Å². The summed E-state index contributed by atoms with van der Waals surface area (Å²) in [5, 5.41) is 3.21. The highest BCUT2D eigenvalue weighted by Crippen LogP contribution is 2.18. The molecule has 6 heteroatoms. The number of nitrogens with one attached hydrogen (secondary N) is 1. The molecule has 0 saturated carbocycles. The van der Waals surface area contributed by atoms with Gasteiger partial charge in [-0.2, -0.15) is 0 Å². The van der Waals surface area contributed by atoms with Crippen LogP contribution in [0, 0.1) is 0 Å². The Balaban J connectivity index is 2.04. The Morgan fingerprint density at radius 2 is 2.29 bits per heavy atom. The van der Waals surface area contributed by atoms with Crippen molar-refractivity contribution < 1.29 is 14.3 Å². The molecule has 0 aliphatic carbocycles. The maximum atomic E-state index is 12.5. The quantitative estimate of drug-likeness (QED) is 0.821. The molecule has 3 N–H and O–H groups in total. The van der Waals surface area contributed by atoms with Crippen LogP contribution in [0.5, 0.6) is 5.75 Å². The number of hydrogen-bond acceptors (Lipinski definition) is 4. The van der Waals surface area contributed by atoms with Crippen molar-refractivity contribution in [1.82, 2.24) is 10.2 Å². The van der Waals surface area contributed by atoms with Crippen LogP contribution >= 0.6 is 0 Å². The minimum Gasteiger partial charge on any atom is -0.484 e. The molecular weight excluding hydrogens is 270 g/mol. The highest BCUT2D eigenvalue weighted by Gasteiger charge is 2.23. The topological polar surface area (TPSA) is 84.7 Å². The van der Waals surface area contributed by atoms with Crippen LogP contribution in [0.2, 0.25) is 0 Å². The third-order valence-electron chi connectivity index (χ3n) is 3.58. The first kappa shape index (κ1) is 15.3. The van der Waals surface area contributed by atoms with Gasteiger partial charge in [-0.3, -0.25) is 9.59 Å². The van der Waals surface area contributed by atoms with Crippen LogP contribution in [-0.2, 0) is 4.79 Å². The van der Waals surface area contributed by atoms with E-state index in [0.717, 1.165) is 19.4 Å². The first-order chi connectivity index (χ1) is 10.1. The third kappa shape index (κ3) is 4.19. The van der Waals surface area contributed by atoms with E-state index in [-0.39, 0.29) is 12.5 Å². The van der Waals surface area contributed by atoms with Crippen LogP contribution in [0.4, 0.5) is 0 Å². The lowest BCUT2D eigenvalue weighted by atomic mass is 10.0. The average Bonchev–Trinajstić information content (AvgIpc) is 2.52. The molecule has 21 heavy (non-hydrogen) atoms. The molecule has 2 rings (SSSR count). The molecular formula is C15H21N3O3. The van der Waals surface area contributed by atoms with E-state index < -0.39 is 5.91 Å². The molecule has 1 fully saturated rings. The van der Waals surface area contributed by atoms with Gasteiger partial charge < -0.3 is 20.7 Å². The summed E-state index contributed by atoms with van der Waals surface area (Å²) < 4.78 is 5.23. The molecule has 0 spiro atoms. The molecule has 0 bridgehead atoms. The zero-order chi connectivity index (χ0) is 15.2. The molecule has 1 aliphatic rings. The number of hydrogen-bond donors (Lipinski definition) is 2. The Morgan fingerprint density at radius 1 is 1.48 bits per heavy atom. The molecule has 1 unspecified atom stereocenters. The van der Waals surface area contributed by atoms with Gasteiger partial charge in [-0.25, -0.2) is 0 Å². The number of benzene rings is 1. The number of likely N-dealkylation sites (tertiary alicyclic amines) is 1. The summed E-state index contributed by atoms with van der Waals surface area (Å²) >= 11 is 0. The van der Waals surface area contributed by atoms with Crippen molar-refractivity contribution in [3.8, 4) is 5.75 Å². The van der Waals surface area contributed by atoms with E-state index in [4.69, 9.17) is 10.5 Å². The molecule has 1 atom stereocenters. The minimum absolute atomic E-state index is 0.0144. The van der Waals surface area contributed by atoms with E-state index in [9.17, 15) is 9.59 Å². The number of primary amides is 1. The second-order valence-corrected chi connectivity index (χ2v) is 5.16. The number of nitrogens with two attached hydrogens (primary N) is 1. The van der Waals surface area contributed by atoms with Crippen molar-refractivity contribution in [2.24, 2.45) is 5.73 Å². The zero-order valence-corrected chi connectivity index (χ0v) is 12.2. The molecule has 1 aliphatic heterocycles. The Morgan fingerprint density at radius 3 is 3.00 bits per heavy atom. The minimum atomic E-state index is -0.542. The standard InChI is InChI=1S/C15H21N3O3/c1-17-12-5-3-7-18(9-12)15(20)11-4-2-6-13(8-11)21-10-14(16)19/h2,4,6,8,12,17H,3,5,7,9-10H2,1H3,(H2,16,19). The van der Waals surface area contributed by atoms with Gasteiger partial charge in [0.25, 0.3) is 11.8 Å². The summed E-state index contributed by atoms with van der Waals surface area (Å²) in [6.45, 7) is 1.29. The number of rotatable bonds is 5. The predicted molar refractivity (Wildman–Crippen MR) is 79.1 cm³/mol. The Kier molecular flexibility index (Phi) is 5.16. The lowest BCUT2D eigenvalue weighted by Crippen LogP contribution is -2.46. The molecule has 114 valence electrons. The van der Waals surface area contributed by atoms with Crippen LogP contribution in [0.1, 0.15) is 23.2 Å². The molecule has 2 amide bonds. The fraction of sp³-hybridized carbons (Fsp3) is 0.467. The SMILES string of the molecule is CNC1CCCN(C(=O)c2cccc(OCC(N)=O)c2)C1. The van der Waals surface area contributed by atoms with Crippen molar-refractivity contribution in [2.75, 3.05) is 26.7 Å². The molecule has 6 nitrogen and oxygen atoms in total. The summed E-state index contributed by atoms with van der Waals surface area (Å²) in [6, 6.07) is 7.18. The molecule has 1 aromatic rings. The summed E-state index contributed by atoms with van der Waals surface area (Å²) in [7, 11) is 1.91.